The second-order valence-electron chi connectivity index (χ2n) is 7.44. The molecule has 0 saturated carbocycles. The Morgan fingerprint density at radius 3 is 2.36 bits per heavy atom. The van der Waals surface area contributed by atoms with Gasteiger partial charge in [-0.1, -0.05) is 6.07 Å². The normalized spacial score (nSPS) is 11.7. The number of carboxylic acids is 2. The van der Waals surface area contributed by atoms with E-state index in [1.165, 1.54) is 0 Å². The van der Waals surface area contributed by atoms with E-state index in [1.807, 2.05) is 19.1 Å². The number of aryl methyl sites for hydroxylation is 1. The smallest absolute Gasteiger partial charge is 0.326 e. The fraction of sp³-hybridized carbons (Fsp3) is 0.227. The molecule has 11 heteroatoms. The SMILES string of the molecule is Cc1c(CNc2ccc(C(=O)N[C@H](CCC(=O)O)C(=O)O)cc2)ccc2nc(N)nc(N)c12. The van der Waals surface area contributed by atoms with Crippen LogP contribution in [0.1, 0.15) is 34.3 Å². The van der Waals surface area contributed by atoms with Crippen molar-refractivity contribution in [1.82, 2.24) is 15.3 Å². The number of rotatable bonds is 9. The lowest BCUT2D eigenvalue weighted by atomic mass is 10.0. The number of hydrogen-bond donors (Lipinski definition) is 6. The average Bonchev–Trinajstić information content (AvgIpc) is 2.75. The van der Waals surface area contributed by atoms with Crippen molar-refractivity contribution in [3.05, 3.63) is 53.1 Å². The lowest BCUT2D eigenvalue weighted by molar-refractivity contribution is -0.140. The first kappa shape index (κ1) is 23.3. The van der Waals surface area contributed by atoms with Gasteiger partial charge in [0.2, 0.25) is 5.95 Å². The first-order valence-electron chi connectivity index (χ1n) is 10.1. The molecule has 8 N–H and O–H groups in total. The van der Waals surface area contributed by atoms with Crippen LogP contribution in [0.3, 0.4) is 0 Å². The molecule has 0 radical (unpaired) electrons. The van der Waals surface area contributed by atoms with Gasteiger partial charge >= 0.3 is 11.9 Å². The van der Waals surface area contributed by atoms with Crippen molar-refractivity contribution in [2.24, 2.45) is 0 Å². The summed E-state index contributed by atoms with van der Waals surface area (Å²) in [5.41, 5.74) is 15.2. The summed E-state index contributed by atoms with van der Waals surface area (Å²) in [6.07, 6.45) is -0.567. The maximum absolute atomic E-state index is 12.3. The minimum absolute atomic E-state index is 0.117. The van der Waals surface area contributed by atoms with Gasteiger partial charge in [0.1, 0.15) is 11.9 Å². The Balaban J connectivity index is 1.66. The maximum atomic E-state index is 12.3. The van der Waals surface area contributed by atoms with E-state index in [9.17, 15) is 19.5 Å². The van der Waals surface area contributed by atoms with Crippen molar-refractivity contribution in [2.75, 3.05) is 16.8 Å². The summed E-state index contributed by atoms with van der Waals surface area (Å²) in [5.74, 6) is -2.59. The van der Waals surface area contributed by atoms with Crippen LogP contribution < -0.4 is 22.1 Å². The Labute approximate surface area is 188 Å². The van der Waals surface area contributed by atoms with Crippen molar-refractivity contribution in [3.63, 3.8) is 0 Å². The highest BCUT2D eigenvalue weighted by Gasteiger charge is 2.21. The van der Waals surface area contributed by atoms with E-state index >= 15 is 0 Å². The van der Waals surface area contributed by atoms with Gasteiger partial charge in [0, 0.05) is 29.6 Å². The third-order valence-corrected chi connectivity index (χ3v) is 5.16. The molecule has 172 valence electrons. The fourth-order valence-corrected chi connectivity index (χ4v) is 3.38. The van der Waals surface area contributed by atoms with Gasteiger partial charge in [0.05, 0.1) is 5.52 Å². The lowest BCUT2D eigenvalue weighted by Gasteiger charge is -2.14. The molecule has 2 aromatic carbocycles. The molecule has 0 spiro atoms. The molecule has 3 aromatic rings. The van der Waals surface area contributed by atoms with E-state index in [0.29, 0.717) is 17.9 Å². The third-order valence-electron chi connectivity index (χ3n) is 5.16. The van der Waals surface area contributed by atoms with Gasteiger partial charge in [-0.2, -0.15) is 4.98 Å². The number of nitrogens with zero attached hydrogens (tertiary/aromatic N) is 2. The number of carboxylic acid groups (broad SMARTS) is 2. The second kappa shape index (κ2) is 9.81. The van der Waals surface area contributed by atoms with Gasteiger partial charge in [-0.05, 0) is 54.8 Å². The first-order valence-corrected chi connectivity index (χ1v) is 10.1. The highest BCUT2D eigenvalue weighted by molar-refractivity contribution is 5.97. The van der Waals surface area contributed by atoms with Crippen LogP contribution in [0.15, 0.2) is 36.4 Å². The highest BCUT2D eigenvalue weighted by atomic mass is 16.4. The zero-order valence-corrected chi connectivity index (χ0v) is 17.8. The molecule has 1 atom stereocenters. The van der Waals surface area contributed by atoms with E-state index in [0.717, 1.165) is 22.2 Å². The number of aliphatic carboxylic acids is 2. The molecular formula is C22H24N6O5. The van der Waals surface area contributed by atoms with Gasteiger partial charge in [0.25, 0.3) is 5.91 Å². The summed E-state index contributed by atoms with van der Waals surface area (Å²) < 4.78 is 0. The number of fused-ring (bicyclic) bond motifs is 1. The van der Waals surface area contributed by atoms with Gasteiger partial charge in [-0.3, -0.25) is 9.59 Å². The quantitative estimate of drug-likeness (QED) is 0.278. The second-order valence-corrected chi connectivity index (χ2v) is 7.44. The molecule has 0 unspecified atom stereocenters. The molecule has 0 aliphatic rings. The molecular weight excluding hydrogens is 428 g/mol. The molecule has 0 bridgehead atoms. The predicted molar refractivity (Wildman–Crippen MR) is 123 cm³/mol. The topological polar surface area (TPSA) is 194 Å². The minimum Gasteiger partial charge on any atom is -0.481 e. The largest absolute Gasteiger partial charge is 0.481 e. The number of carbonyl (C=O) groups is 3. The van der Waals surface area contributed by atoms with Crippen LogP contribution in [0.25, 0.3) is 10.9 Å². The molecule has 1 aromatic heterocycles. The maximum Gasteiger partial charge on any atom is 0.326 e. The van der Waals surface area contributed by atoms with Gasteiger partial charge in [0.15, 0.2) is 0 Å². The number of carbonyl (C=O) groups excluding carboxylic acids is 1. The molecule has 3 rings (SSSR count). The molecule has 1 heterocycles. The number of amides is 1. The molecule has 0 fully saturated rings. The minimum atomic E-state index is -1.29. The summed E-state index contributed by atoms with van der Waals surface area (Å²) >= 11 is 0. The van der Waals surface area contributed by atoms with Crippen molar-refractivity contribution in [1.29, 1.82) is 0 Å². The Bertz CT molecular complexity index is 1210. The molecule has 0 saturated heterocycles. The van der Waals surface area contributed by atoms with Gasteiger partial charge in [-0.15, -0.1) is 0 Å². The van der Waals surface area contributed by atoms with E-state index in [2.05, 4.69) is 20.6 Å². The first-order chi connectivity index (χ1) is 15.7. The Morgan fingerprint density at radius 1 is 1.03 bits per heavy atom. The number of nitrogens with one attached hydrogen (secondary N) is 2. The van der Waals surface area contributed by atoms with Gasteiger partial charge < -0.3 is 32.3 Å². The van der Waals surface area contributed by atoms with E-state index < -0.39 is 23.9 Å². The number of benzene rings is 2. The zero-order chi connectivity index (χ0) is 24.1. The van der Waals surface area contributed by atoms with Crippen molar-refractivity contribution >= 4 is 46.2 Å². The summed E-state index contributed by atoms with van der Waals surface area (Å²) in [6.45, 7) is 2.40. The van der Waals surface area contributed by atoms with Crippen LogP contribution in [0.4, 0.5) is 17.5 Å². The number of nitrogens with two attached hydrogens (primary N) is 2. The Hall–Kier alpha value is -4.41. The molecule has 0 aliphatic carbocycles. The average molecular weight is 452 g/mol. The standard InChI is InChI=1S/C22H24N6O5/c1-11-13(4-7-15-18(11)19(23)28-22(24)27-15)10-25-14-5-2-12(3-6-14)20(31)26-16(21(32)33)8-9-17(29)30/h2-7,16,25H,8-10H2,1H3,(H,26,31)(H,29,30)(H,32,33)(H4,23,24,27,28)/t16-/m1/s1. The van der Waals surface area contributed by atoms with Crippen molar-refractivity contribution < 1.29 is 24.6 Å². The number of nitrogen functional groups attached to an aromatic ring is 2. The number of hydrogen-bond acceptors (Lipinski definition) is 8. The van der Waals surface area contributed by atoms with Crippen LogP contribution in [0.5, 0.6) is 0 Å². The van der Waals surface area contributed by atoms with Crippen molar-refractivity contribution in [3.8, 4) is 0 Å². The van der Waals surface area contributed by atoms with E-state index in [-0.39, 0.29) is 24.4 Å². The molecule has 11 nitrogen and oxygen atoms in total. The Kier molecular flexibility index (Phi) is 6.91. The summed E-state index contributed by atoms with van der Waals surface area (Å²) in [7, 11) is 0. The fourth-order valence-electron chi connectivity index (χ4n) is 3.38. The zero-order valence-electron chi connectivity index (χ0n) is 17.8. The third kappa shape index (κ3) is 5.64. The van der Waals surface area contributed by atoms with Crippen LogP contribution in [0.2, 0.25) is 0 Å². The molecule has 1 amide bonds. The Morgan fingerprint density at radius 2 is 1.73 bits per heavy atom. The number of aromatic nitrogens is 2. The van der Waals surface area contributed by atoms with E-state index in [1.54, 1.807) is 24.3 Å². The summed E-state index contributed by atoms with van der Waals surface area (Å²) in [5, 5.41) is 24.3. The van der Waals surface area contributed by atoms with E-state index in [4.69, 9.17) is 16.6 Å². The molecule has 33 heavy (non-hydrogen) atoms. The van der Waals surface area contributed by atoms with Crippen LogP contribution in [-0.4, -0.2) is 44.1 Å². The summed E-state index contributed by atoms with van der Waals surface area (Å²) in [4.78, 5) is 42.5. The van der Waals surface area contributed by atoms with Gasteiger partial charge in [-0.25, -0.2) is 9.78 Å². The molecule has 0 aliphatic heterocycles. The summed E-state index contributed by atoms with van der Waals surface area (Å²) in [6, 6.07) is 8.94. The van der Waals surface area contributed by atoms with Crippen LogP contribution in [-0.2, 0) is 16.1 Å². The van der Waals surface area contributed by atoms with Crippen LogP contribution in [0, 0.1) is 6.92 Å². The number of anilines is 3. The predicted octanol–water partition coefficient (Wildman–Crippen LogP) is 1.76. The lowest BCUT2D eigenvalue weighted by Crippen LogP contribution is -2.41. The van der Waals surface area contributed by atoms with Crippen molar-refractivity contribution in [2.45, 2.75) is 32.4 Å². The monoisotopic (exact) mass is 452 g/mol. The highest BCUT2D eigenvalue weighted by Crippen LogP contribution is 2.26. The van der Waals surface area contributed by atoms with Crippen LogP contribution >= 0.6 is 0 Å².